The Bertz CT molecular complexity index is 670. The molecule has 1 aliphatic heterocycles. The molecule has 2 amide bonds. The van der Waals surface area contributed by atoms with Crippen LogP contribution in [0.4, 0.5) is 4.79 Å². The number of nitrogens with one attached hydrogen (secondary N) is 1. The van der Waals surface area contributed by atoms with Gasteiger partial charge in [-0.25, -0.2) is 13.2 Å². The highest BCUT2D eigenvalue weighted by atomic mass is 32.2. The van der Waals surface area contributed by atoms with Gasteiger partial charge in [-0.05, 0) is 30.2 Å². The van der Waals surface area contributed by atoms with Gasteiger partial charge in [0, 0.05) is 19.3 Å². The van der Waals surface area contributed by atoms with Crippen molar-refractivity contribution in [2.75, 3.05) is 25.7 Å². The van der Waals surface area contributed by atoms with Crippen molar-refractivity contribution in [1.29, 1.82) is 0 Å². The summed E-state index contributed by atoms with van der Waals surface area (Å²) in [4.78, 5) is 13.4. The Hall–Kier alpha value is -2.02. The molecule has 7 heteroatoms. The number of hydrogen-bond acceptors (Lipinski definition) is 4. The van der Waals surface area contributed by atoms with Crippen LogP contribution >= 0.6 is 0 Å². The average molecular weight is 324 g/mol. The molecule has 2 rings (SSSR count). The zero-order valence-corrected chi connectivity index (χ0v) is 13.5. The summed E-state index contributed by atoms with van der Waals surface area (Å²) in [7, 11) is 0.205. The number of benzene rings is 1. The molecule has 1 aromatic carbocycles. The van der Waals surface area contributed by atoms with Gasteiger partial charge in [0.15, 0.2) is 9.84 Å². The predicted molar refractivity (Wildman–Crippen MR) is 85.4 cm³/mol. The van der Waals surface area contributed by atoms with Crippen LogP contribution in [0.25, 0.3) is 6.08 Å². The van der Waals surface area contributed by atoms with Crippen molar-refractivity contribution in [3.05, 3.63) is 36.0 Å². The highest BCUT2D eigenvalue weighted by Gasteiger charge is 2.32. The van der Waals surface area contributed by atoms with Crippen molar-refractivity contribution < 1.29 is 17.9 Å². The van der Waals surface area contributed by atoms with E-state index >= 15 is 0 Å². The fourth-order valence-electron chi connectivity index (χ4n) is 2.30. The molecule has 0 radical (unpaired) electrons. The molecule has 1 aromatic rings. The molecule has 0 aliphatic carbocycles. The van der Waals surface area contributed by atoms with Crippen LogP contribution in [0.2, 0.25) is 0 Å². The first-order chi connectivity index (χ1) is 10.4. The summed E-state index contributed by atoms with van der Waals surface area (Å²) in [5, 5.41) is 2.64. The van der Waals surface area contributed by atoms with E-state index in [1.807, 2.05) is 24.3 Å². The largest absolute Gasteiger partial charge is 0.497 e. The molecule has 1 fully saturated rings. The zero-order valence-electron chi connectivity index (χ0n) is 12.7. The standard InChI is InChI=1S/C15H20N2O4S/c1-17(13-7-9-22(19,20)11-13)15(18)16-8-6-12-4-3-5-14(10-12)21-2/h3-6,8,10,13H,7,9,11H2,1-2H3,(H,16,18)/b8-6+. The summed E-state index contributed by atoms with van der Waals surface area (Å²) < 4.78 is 28.0. The maximum absolute atomic E-state index is 12.0. The van der Waals surface area contributed by atoms with E-state index in [0.29, 0.717) is 6.42 Å². The normalized spacial score (nSPS) is 20.0. The lowest BCUT2D eigenvalue weighted by molar-refractivity contribution is 0.199. The molecule has 22 heavy (non-hydrogen) atoms. The molecular weight excluding hydrogens is 304 g/mol. The van der Waals surface area contributed by atoms with Gasteiger partial charge < -0.3 is 15.0 Å². The number of nitrogens with zero attached hydrogens (tertiary/aromatic N) is 1. The molecule has 1 saturated heterocycles. The SMILES string of the molecule is COc1cccc(/C=C/NC(=O)N(C)C2CCS(=O)(=O)C2)c1. The predicted octanol–water partition coefficient (Wildman–Crippen LogP) is 1.49. The Morgan fingerprint density at radius 3 is 2.86 bits per heavy atom. The summed E-state index contributed by atoms with van der Waals surface area (Å²) in [6.07, 6.45) is 3.78. The lowest BCUT2D eigenvalue weighted by Crippen LogP contribution is -2.42. The maximum atomic E-state index is 12.0. The fourth-order valence-corrected chi connectivity index (χ4v) is 4.08. The van der Waals surface area contributed by atoms with E-state index in [-0.39, 0.29) is 23.6 Å². The van der Waals surface area contributed by atoms with Crippen LogP contribution in [0.1, 0.15) is 12.0 Å². The first-order valence-corrected chi connectivity index (χ1v) is 8.78. The molecule has 0 bridgehead atoms. The summed E-state index contributed by atoms with van der Waals surface area (Å²) >= 11 is 0. The van der Waals surface area contributed by atoms with Crippen LogP contribution in [0.15, 0.2) is 30.5 Å². The van der Waals surface area contributed by atoms with Gasteiger partial charge in [0.1, 0.15) is 5.75 Å². The van der Waals surface area contributed by atoms with E-state index in [4.69, 9.17) is 4.74 Å². The summed E-state index contributed by atoms with van der Waals surface area (Å²) in [6.45, 7) is 0. The minimum Gasteiger partial charge on any atom is -0.497 e. The van der Waals surface area contributed by atoms with Crippen molar-refractivity contribution in [2.24, 2.45) is 0 Å². The highest BCUT2D eigenvalue weighted by Crippen LogP contribution is 2.16. The zero-order chi connectivity index (χ0) is 16.2. The second-order valence-electron chi connectivity index (χ2n) is 5.23. The summed E-state index contributed by atoms with van der Waals surface area (Å²) in [6, 6.07) is 6.85. The van der Waals surface area contributed by atoms with Crippen LogP contribution in [0, 0.1) is 0 Å². The molecule has 1 N–H and O–H groups in total. The summed E-state index contributed by atoms with van der Waals surface area (Å²) in [5.74, 6) is 0.924. The van der Waals surface area contributed by atoms with Gasteiger partial charge in [-0.3, -0.25) is 0 Å². The van der Waals surface area contributed by atoms with Crippen molar-refractivity contribution in [3.63, 3.8) is 0 Å². The molecule has 1 heterocycles. The Balaban J connectivity index is 1.90. The second-order valence-corrected chi connectivity index (χ2v) is 7.46. The number of hydrogen-bond donors (Lipinski definition) is 1. The third kappa shape index (κ3) is 4.24. The van der Waals surface area contributed by atoms with E-state index < -0.39 is 9.84 Å². The third-order valence-electron chi connectivity index (χ3n) is 3.65. The molecule has 6 nitrogen and oxygen atoms in total. The van der Waals surface area contributed by atoms with Gasteiger partial charge >= 0.3 is 6.03 Å². The smallest absolute Gasteiger partial charge is 0.321 e. The average Bonchev–Trinajstić information content (AvgIpc) is 2.86. The van der Waals surface area contributed by atoms with Crippen molar-refractivity contribution in [3.8, 4) is 5.75 Å². The van der Waals surface area contributed by atoms with Crippen molar-refractivity contribution in [2.45, 2.75) is 12.5 Å². The number of amides is 2. The van der Waals surface area contributed by atoms with Crippen LogP contribution in [0.3, 0.4) is 0 Å². The van der Waals surface area contributed by atoms with Crippen LogP contribution in [-0.2, 0) is 9.84 Å². The topological polar surface area (TPSA) is 75.7 Å². The molecule has 1 unspecified atom stereocenters. The van der Waals surface area contributed by atoms with Crippen molar-refractivity contribution >= 4 is 21.9 Å². The van der Waals surface area contributed by atoms with Crippen LogP contribution in [0.5, 0.6) is 5.75 Å². The van der Waals surface area contributed by atoms with E-state index in [2.05, 4.69) is 5.32 Å². The Kier molecular flexibility index (Phi) is 5.07. The van der Waals surface area contributed by atoms with Gasteiger partial charge in [0.2, 0.25) is 0 Å². The second kappa shape index (κ2) is 6.83. The Labute approximate surface area is 130 Å². The molecule has 1 aliphatic rings. The minimum absolute atomic E-state index is 0.0382. The first-order valence-electron chi connectivity index (χ1n) is 6.95. The lowest BCUT2D eigenvalue weighted by Gasteiger charge is -2.22. The monoisotopic (exact) mass is 324 g/mol. The number of sulfone groups is 1. The summed E-state index contributed by atoms with van der Waals surface area (Å²) in [5.41, 5.74) is 0.894. The van der Waals surface area contributed by atoms with E-state index in [1.54, 1.807) is 20.2 Å². The van der Waals surface area contributed by atoms with Crippen molar-refractivity contribution in [1.82, 2.24) is 10.2 Å². The number of rotatable bonds is 4. The van der Waals surface area contributed by atoms with Crippen LogP contribution < -0.4 is 10.1 Å². The molecular formula is C15H20N2O4S. The number of methoxy groups -OCH3 is 1. The maximum Gasteiger partial charge on any atom is 0.321 e. The number of carbonyl (C=O) groups is 1. The quantitative estimate of drug-likeness (QED) is 0.910. The van der Waals surface area contributed by atoms with Gasteiger partial charge in [0.25, 0.3) is 0 Å². The van der Waals surface area contributed by atoms with Gasteiger partial charge in [0.05, 0.1) is 18.6 Å². The number of ether oxygens (including phenoxy) is 1. The third-order valence-corrected chi connectivity index (χ3v) is 5.40. The lowest BCUT2D eigenvalue weighted by atomic mass is 10.2. The molecule has 0 saturated carbocycles. The van der Waals surface area contributed by atoms with E-state index in [1.165, 1.54) is 11.1 Å². The Morgan fingerprint density at radius 1 is 1.45 bits per heavy atom. The number of carbonyl (C=O) groups excluding carboxylic acids is 1. The van der Waals surface area contributed by atoms with Crippen LogP contribution in [-0.4, -0.2) is 51.1 Å². The molecule has 1 atom stereocenters. The molecule has 0 aromatic heterocycles. The Morgan fingerprint density at radius 2 is 2.23 bits per heavy atom. The van der Waals surface area contributed by atoms with E-state index in [9.17, 15) is 13.2 Å². The first kappa shape index (κ1) is 16.4. The van der Waals surface area contributed by atoms with Gasteiger partial charge in [-0.2, -0.15) is 0 Å². The highest BCUT2D eigenvalue weighted by molar-refractivity contribution is 7.91. The number of urea groups is 1. The molecule has 120 valence electrons. The molecule has 0 spiro atoms. The fraction of sp³-hybridized carbons (Fsp3) is 0.400. The van der Waals surface area contributed by atoms with Gasteiger partial charge in [-0.1, -0.05) is 12.1 Å². The van der Waals surface area contributed by atoms with Gasteiger partial charge in [-0.15, -0.1) is 0 Å². The minimum atomic E-state index is -3.00. The van der Waals surface area contributed by atoms with E-state index in [0.717, 1.165) is 11.3 Å².